The molecule has 0 radical (unpaired) electrons. The highest BCUT2D eigenvalue weighted by atomic mass is 31.2. The molecule has 5 N–H and O–H groups in total. The predicted molar refractivity (Wildman–Crippen MR) is 240 cm³/mol. The van der Waals surface area contributed by atoms with Gasteiger partial charge >= 0.3 is 7.82 Å². The maximum absolute atomic E-state index is 12.8. The van der Waals surface area contributed by atoms with Gasteiger partial charge in [-0.3, -0.25) is 13.8 Å². The largest absolute Gasteiger partial charge is 0.472 e. The van der Waals surface area contributed by atoms with Crippen molar-refractivity contribution >= 4 is 13.7 Å². The molecule has 0 aromatic rings. The third-order valence-corrected chi connectivity index (χ3v) is 11.8. The van der Waals surface area contributed by atoms with Crippen LogP contribution in [0.5, 0.6) is 0 Å². The monoisotopic (exact) mass is 813 g/mol. The standard InChI is InChI=1S/C47H93N2O6P/c1-3-5-7-9-11-13-15-17-19-21-22-23-24-25-26-28-30-32-34-36-38-40-46(50)45(44-55-56(52,53)54-43-42-48)49-47(51)41-39-37-35-33-31-29-27-20-18-16-14-12-10-8-6-4-2/h30,32,38,40,45-46,50H,3-29,31,33-37,39,41-44,48H2,1-2H3,(H,49,51)(H,52,53)/b32-30+,40-38+. The highest BCUT2D eigenvalue weighted by Gasteiger charge is 2.26. The van der Waals surface area contributed by atoms with E-state index in [-0.39, 0.29) is 25.7 Å². The average molecular weight is 813 g/mol. The number of rotatable bonds is 45. The van der Waals surface area contributed by atoms with E-state index in [9.17, 15) is 19.4 Å². The Morgan fingerprint density at radius 2 is 0.946 bits per heavy atom. The first kappa shape index (κ1) is 55.0. The fourth-order valence-corrected chi connectivity index (χ4v) is 7.91. The summed E-state index contributed by atoms with van der Waals surface area (Å²) in [6, 6.07) is -0.873. The number of nitrogens with two attached hydrogens (primary N) is 1. The third kappa shape index (κ3) is 41.2. The number of amides is 1. The topological polar surface area (TPSA) is 131 Å². The van der Waals surface area contributed by atoms with E-state index in [0.717, 1.165) is 38.5 Å². The summed E-state index contributed by atoms with van der Waals surface area (Å²) < 4.78 is 22.2. The van der Waals surface area contributed by atoms with Crippen LogP contribution in [0.4, 0.5) is 0 Å². The van der Waals surface area contributed by atoms with Crippen molar-refractivity contribution < 1.29 is 28.4 Å². The fourth-order valence-electron chi connectivity index (χ4n) is 7.15. The van der Waals surface area contributed by atoms with Gasteiger partial charge in [0.15, 0.2) is 0 Å². The zero-order valence-electron chi connectivity index (χ0n) is 36.9. The minimum Gasteiger partial charge on any atom is -0.387 e. The summed E-state index contributed by atoms with van der Waals surface area (Å²) in [5.41, 5.74) is 5.38. The molecule has 0 saturated carbocycles. The number of carbonyl (C=O) groups is 1. The van der Waals surface area contributed by atoms with E-state index < -0.39 is 20.0 Å². The first-order chi connectivity index (χ1) is 27.4. The van der Waals surface area contributed by atoms with Crippen molar-refractivity contribution in [2.24, 2.45) is 5.73 Å². The van der Waals surface area contributed by atoms with Gasteiger partial charge in [0.1, 0.15) is 0 Å². The van der Waals surface area contributed by atoms with Gasteiger partial charge in [-0.15, -0.1) is 0 Å². The van der Waals surface area contributed by atoms with Crippen LogP contribution in [0.3, 0.4) is 0 Å². The first-order valence-corrected chi connectivity index (χ1v) is 25.5. The number of phosphoric acid groups is 1. The molecule has 3 unspecified atom stereocenters. The summed E-state index contributed by atoms with van der Waals surface area (Å²) in [5, 5.41) is 13.7. The van der Waals surface area contributed by atoms with E-state index in [1.165, 1.54) is 180 Å². The molecule has 0 spiro atoms. The van der Waals surface area contributed by atoms with Gasteiger partial charge in [-0.05, 0) is 32.1 Å². The molecule has 0 aliphatic heterocycles. The van der Waals surface area contributed by atoms with Crippen molar-refractivity contribution in [2.75, 3.05) is 19.8 Å². The van der Waals surface area contributed by atoms with Crippen LogP contribution < -0.4 is 11.1 Å². The maximum atomic E-state index is 12.8. The lowest BCUT2D eigenvalue weighted by Crippen LogP contribution is -2.45. The van der Waals surface area contributed by atoms with E-state index in [1.54, 1.807) is 6.08 Å². The van der Waals surface area contributed by atoms with Crippen LogP contribution in [0, 0.1) is 0 Å². The quantitative estimate of drug-likeness (QED) is 0.0273. The molecule has 1 amide bonds. The Kier molecular flexibility index (Phi) is 42.8. The molecular weight excluding hydrogens is 719 g/mol. The molecule has 0 aliphatic carbocycles. The SMILES string of the molecule is CCCCCCCCCCCCCCCCC/C=C/CC/C=C/C(O)C(COP(=O)(O)OCCN)NC(=O)CCCCCCCCCCCCCCCCCC. The second-order valence-electron chi connectivity index (χ2n) is 16.3. The normalized spacial score (nSPS) is 14.2. The van der Waals surface area contributed by atoms with Gasteiger partial charge in [-0.2, -0.15) is 0 Å². The van der Waals surface area contributed by atoms with Crippen LogP contribution in [0.2, 0.25) is 0 Å². The summed E-state index contributed by atoms with van der Waals surface area (Å²) in [4.78, 5) is 22.7. The molecule has 0 rings (SSSR count). The van der Waals surface area contributed by atoms with Crippen molar-refractivity contribution in [3.63, 3.8) is 0 Å². The van der Waals surface area contributed by atoms with Gasteiger partial charge in [-0.25, -0.2) is 4.57 Å². The Morgan fingerprint density at radius 1 is 0.571 bits per heavy atom. The number of hydrogen-bond acceptors (Lipinski definition) is 6. The molecule has 0 bridgehead atoms. The third-order valence-electron chi connectivity index (χ3n) is 10.8. The Balaban J connectivity index is 4.17. The van der Waals surface area contributed by atoms with Crippen molar-refractivity contribution in [1.82, 2.24) is 5.32 Å². The highest BCUT2D eigenvalue weighted by Crippen LogP contribution is 2.43. The van der Waals surface area contributed by atoms with Gasteiger partial charge in [0.2, 0.25) is 5.91 Å². The van der Waals surface area contributed by atoms with Crippen LogP contribution in [-0.4, -0.2) is 47.8 Å². The van der Waals surface area contributed by atoms with Crippen LogP contribution in [-0.2, 0) is 18.4 Å². The first-order valence-electron chi connectivity index (χ1n) is 24.0. The van der Waals surface area contributed by atoms with E-state index >= 15 is 0 Å². The molecule has 9 heteroatoms. The summed E-state index contributed by atoms with van der Waals surface area (Å²) in [5.74, 6) is -0.200. The van der Waals surface area contributed by atoms with Crippen molar-refractivity contribution in [2.45, 2.75) is 251 Å². The van der Waals surface area contributed by atoms with Crippen molar-refractivity contribution in [1.29, 1.82) is 0 Å². The Bertz CT molecular complexity index is 932. The molecule has 0 aromatic heterocycles. The second kappa shape index (κ2) is 43.6. The maximum Gasteiger partial charge on any atom is 0.472 e. The predicted octanol–water partition coefficient (Wildman–Crippen LogP) is 13.7. The molecule has 0 saturated heterocycles. The van der Waals surface area contributed by atoms with Crippen LogP contribution in [0.1, 0.15) is 239 Å². The number of nitrogens with one attached hydrogen (secondary N) is 1. The number of hydrogen-bond donors (Lipinski definition) is 4. The zero-order chi connectivity index (χ0) is 41.1. The van der Waals surface area contributed by atoms with Gasteiger partial charge in [0.25, 0.3) is 0 Å². The van der Waals surface area contributed by atoms with Crippen molar-refractivity contribution in [3.8, 4) is 0 Å². The van der Waals surface area contributed by atoms with E-state index in [2.05, 4.69) is 31.3 Å². The number of allylic oxidation sites excluding steroid dienone is 3. The van der Waals surface area contributed by atoms with Crippen molar-refractivity contribution in [3.05, 3.63) is 24.3 Å². The van der Waals surface area contributed by atoms with Gasteiger partial charge in [0, 0.05) is 13.0 Å². The lowest BCUT2D eigenvalue weighted by Gasteiger charge is -2.23. The Labute approximate surface area is 347 Å². The zero-order valence-corrected chi connectivity index (χ0v) is 37.8. The molecule has 0 aliphatic rings. The number of phosphoric ester groups is 1. The minimum absolute atomic E-state index is 0.0761. The van der Waals surface area contributed by atoms with E-state index in [4.69, 9.17) is 14.8 Å². The average Bonchev–Trinajstić information content (AvgIpc) is 3.19. The highest BCUT2D eigenvalue weighted by molar-refractivity contribution is 7.47. The van der Waals surface area contributed by atoms with Gasteiger partial charge in [-0.1, -0.05) is 224 Å². The molecule has 8 nitrogen and oxygen atoms in total. The molecule has 332 valence electrons. The molecular formula is C47H93N2O6P. The second-order valence-corrected chi connectivity index (χ2v) is 17.8. The summed E-state index contributed by atoms with van der Waals surface area (Å²) >= 11 is 0. The number of unbranched alkanes of at least 4 members (excludes halogenated alkanes) is 31. The number of aliphatic hydroxyl groups excluding tert-OH is 1. The fraction of sp³-hybridized carbons (Fsp3) is 0.894. The van der Waals surface area contributed by atoms with Gasteiger partial charge in [0.05, 0.1) is 25.4 Å². The van der Waals surface area contributed by atoms with E-state index in [0.29, 0.717) is 6.42 Å². The smallest absolute Gasteiger partial charge is 0.387 e. The molecule has 0 fully saturated rings. The summed E-state index contributed by atoms with van der Waals surface area (Å²) in [6.45, 7) is 4.14. The molecule has 56 heavy (non-hydrogen) atoms. The lowest BCUT2D eigenvalue weighted by molar-refractivity contribution is -0.123. The number of aliphatic hydroxyl groups is 1. The summed E-state index contributed by atoms with van der Waals surface area (Å²) in [7, 11) is -4.35. The van der Waals surface area contributed by atoms with E-state index in [1.807, 2.05) is 6.08 Å². The van der Waals surface area contributed by atoms with Crippen LogP contribution in [0.25, 0.3) is 0 Å². The minimum atomic E-state index is -4.35. The Morgan fingerprint density at radius 3 is 1.38 bits per heavy atom. The molecule has 0 aromatic carbocycles. The van der Waals surface area contributed by atoms with Crippen LogP contribution >= 0.6 is 7.82 Å². The molecule has 0 heterocycles. The van der Waals surface area contributed by atoms with Crippen LogP contribution in [0.15, 0.2) is 24.3 Å². The van der Waals surface area contributed by atoms with Gasteiger partial charge < -0.3 is 21.1 Å². The lowest BCUT2D eigenvalue weighted by atomic mass is 10.0. The Hall–Kier alpha value is -1.02. The number of carbonyl (C=O) groups excluding carboxylic acids is 1. The summed E-state index contributed by atoms with van der Waals surface area (Å²) in [6.07, 6.45) is 50.9. The molecule has 3 atom stereocenters.